The van der Waals surface area contributed by atoms with Crippen molar-refractivity contribution in [1.82, 2.24) is 24.3 Å². The molecule has 0 saturated carbocycles. The van der Waals surface area contributed by atoms with Crippen LogP contribution in [0.25, 0.3) is 17.0 Å². The summed E-state index contributed by atoms with van der Waals surface area (Å²) in [7, 11) is 0. The average molecular weight is 378 g/mol. The van der Waals surface area contributed by atoms with Crippen LogP contribution in [0.4, 0.5) is 5.95 Å². The number of likely N-dealkylation sites (tertiary alicyclic amines) is 1. The summed E-state index contributed by atoms with van der Waals surface area (Å²) in [6.45, 7) is 5.74. The molecule has 0 bridgehead atoms. The number of anilines is 1. The van der Waals surface area contributed by atoms with Gasteiger partial charge in [0.2, 0.25) is 11.9 Å². The predicted molar refractivity (Wildman–Crippen MR) is 109 cm³/mol. The van der Waals surface area contributed by atoms with E-state index in [9.17, 15) is 4.79 Å². The summed E-state index contributed by atoms with van der Waals surface area (Å²) in [4.78, 5) is 27.7. The Morgan fingerprint density at radius 1 is 1.21 bits per heavy atom. The van der Waals surface area contributed by atoms with E-state index in [-0.39, 0.29) is 11.9 Å². The van der Waals surface area contributed by atoms with Gasteiger partial charge < -0.3 is 10.2 Å². The topological polar surface area (TPSA) is 75.4 Å². The van der Waals surface area contributed by atoms with Gasteiger partial charge in [-0.15, -0.1) is 0 Å². The number of carbonyl (C=O) groups is 1. The van der Waals surface area contributed by atoms with Crippen molar-refractivity contribution in [2.75, 3.05) is 18.4 Å². The number of carbonyl (C=O) groups excluding carboxylic acids is 1. The van der Waals surface area contributed by atoms with Crippen molar-refractivity contribution in [3.8, 4) is 11.4 Å². The minimum Gasteiger partial charge on any atom is -0.351 e. The van der Waals surface area contributed by atoms with Gasteiger partial charge in [-0.05, 0) is 37.0 Å². The van der Waals surface area contributed by atoms with Crippen LogP contribution in [-0.4, -0.2) is 49.3 Å². The van der Waals surface area contributed by atoms with Crippen molar-refractivity contribution < 1.29 is 4.79 Å². The highest BCUT2D eigenvalue weighted by Gasteiger charge is 2.23. The zero-order valence-corrected chi connectivity index (χ0v) is 16.4. The lowest BCUT2D eigenvalue weighted by Crippen LogP contribution is -2.42. The first-order valence-corrected chi connectivity index (χ1v) is 9.90. The van der Waals surface area contributed by atoms with Gasteiger partial charge in [-0.3, -0.25) is 9.20 Å². The molecule has 3 aromatic heterocycles. The Morgan fingerprint density at radius 3 is 2.82 bits per heavy atom. The van der Waals surface area contributed by atoms with E-state index in [2.05, 4.69) is 34.1 Å². The Labute approximate surface area is 164 Å². The summed E-state index contributed by atoms with van der Waals surface area (Å²) in [6.07, 6.45) is 8.04. The molecule has 7 nitrogen and oxygen atoms in total. The molecule has 0 spiro atoms. The molecule has 1 aliphatic rings. The fourth-order valence-corrected chi connectivity index (χ4v) is 3.63. The number of rotatable bonds is 5. The van der Waals surface area contributed by atoms with Gasteiger partial charge in [0.05, 0.1) is 17.6 Å². The van der Waals surface area contributed by atoms with Gasteiger partial charge in [0.15, 0.2) is 0 Å². The van der Waals surface area contributed by atoms with E-state index in [4.69, 9.17) is 0 Å². The first-order chi connectivity index (χ1) is 13.6. The van der Waals surface area contributed by atoms with Gasteiger partial charge in [0.1, 0.15) is 5.65 Å². The molecule has 0 aliphatic carbocycles. The summed E-state index contributed by atoms with van der Waals surface area (Å²) >= 11 is 0. The minimum atomic E-state index is 0.263. The quantitative estimate of drug-likeness (QED) is 0.738. The van der Waals surface area contributed by atoms with Gasteiger partial charge in [0, 0.05) is 37.9 Å². The Morgan fingerprint density at radius 2 is 2.04 bits per heavy atom. The zero-order valence-electron chi connectivity index (χ0n) is 16.4. The van der Waals surface area contributed by atoms with Crippen LogP contribution < -0.4 is 5.32 Å². The lowest BCUT2D eigenvalue weighted by atomic mass is 10.0. The van der Waals surface area contributed by atoms with E-state index in [1.54, 1.807) is 6.20 Å². The largest absolute Gasteiger partial charge is 0.351 e. The highest BCUT2D eigenvalue weighted by Crippen LogP contribution is 2.21. The molecule has 0 atom stereocenters. The van der Waals surface area contributed by atoms with Crippen LogP contribution in [0.3, 0.4) is 0 Å². The number of aromatic nitrogens is 4. The van der Waals surface area contributed by atoms with Crippen LogP contribution in [0, 0.1) is 5.92 Å². The number of imidazole rings is 1. The van der Waals surface area contributed by atoms with Gasteiger partial charge in [-0.25, -0.2) is 15.0 Å². The highest BCUT2D eigenvalue weighted by atomic mass is 16.2. The van der Waals surface area contributed by atoms with Crippen LogP contribution in [0.5, 0.6) is 0 Å². The van der Waals surface area contributed by atoms with Crippen LogP contribution in [0.2, 0.25) is 0 Å². The first kappa shape index (κ1) is 18.4. The Balaban J connectivity index is 1.42. The second-order valence-corrected chi connectivity index (χ2v) is 7.74. The molecule has 1 aliphatic heterocycles. The minimum absolute atomic E-state index is 0.263. The van der Waals surface area contributed by atoms with Crippen LogP contribution >= 0.6 is 0 Å². The Bertz CT molecular complexity index is 958. The van der Waals surface area contributed by atoms with Crippen molar-refractivity contribution in [2.45, 2.75) is 39.2 Å². The number of amides is 1. The zero-order chi connectivity index (χ0) is 19.5. The van der Waals surface area contributed by atoms with Gasteiger partial charge >= 0.3 is 0 Å². The summed E-state index contributed by atoms with van der Waals surface area (Å²) in [5.74, 6) is 1.29. The smallest absolute Gasteiger partial charge is 0.223 e. The monoisotopic (exact) mass is 378 g/mol. The number of hydrogen-bond acceptors (Lipinski definition) is 5. The highest BCUT2D eigenvalue weighted by molar-refractivity contribution is 5.76. The molecular weight excluding hydrogens is 352 g/mol. The van der Waals surface area contributed by atoms with Gasteiger partial charge in [-0.2, -0.15) is 0 Å². The van der Waals surface area contributed by atoms with Crippen molar-refractivity contribution in [2.24, 2.45) is 5.92 Å². The first-order valence-electron chi connectivity index (χ1n) is 9.90. The van der Waals surface area contributed by atoms with Crippen molar-refractivity contribution in [1.29, 1.82) is 0 Å². The molecule has 0 unspecified atom stereocenters. The Kier molecular flexibility index (Phi) is 5.23. The molecule has 1 fully saturated rings. The maximum absolute atomic E-state index is 12.2. The third-order valence-electron chi connectivity index (χ3n) is 5.10. The van der Waals surface area contributed by atoms with E-state index < -0.39 is 0 Å². The number of pyridine rings is 1. The van der Waals surface area contributed by atoms with Crippen molar-refractivity contribution in [3.63, 3.8) is 0 Å². The molecule has 7 heteroatoms. The second kappa shape index (κ2) is 7.96. The molecular formula is C21H26N6O. The number of hydrogen-bond donors (Lipinski definition) is 1. The van der Waals surface area contributed by atoms with E-state index in [1.807, 2.05) is 46.0 Å². The maximum Gasteiger partial charge on any atom is 0.223 e. The second-order valence-electron chi connectivity index (χ2n) is 7.74. The lowest BCUT2D eigenvalue weighted by Gasteiger charge is -2.32. The fourth-order valence-electron chi connectivity index (χ4n) is 3.63. The fraction of sp³-hybridized carbons (Fsp3) is 0.429. The molecule has 1 amide bonds. The standard InChI is InChI=1S/C21H26N6O/c1-15(2)13-20(28)26-11-7-16(8-12-26)24-21-22-9-6-17(25-21)18-14-23-19-5-3-4-10-27(18)19/h3-6,9-10,14-16H,7-8,11-13H2,1-2H3,(H,22,24,25). The number of fused-ring (bicyclic) bond motifs is 1. The summed E-state index contributed by atoms with van der Waals surface area (Å²) < 4.78 is 2.02. The molecule has 4 heterocycles. The third kappa shape index (κ3) is 3.98. The summed E-state index contributed by atoms with van der Waals surface area (Å²) in [6, 6.07) is 8.10. The maximum atomic E-state index is 12.2. The molecule has 3 aromatic rings. The van der Waals surface area contributed by atoms with Gasteiger partial charge in [-0.1, -0.05) is 19.9 Å². The van der Waals surface area contributed by atoms with Crippen LogP contribution in [0.15, 0.2) is 42.9 Å². The van der Waals surface area contributed by atoms with E-state index in [0.29, 0.717) is 18.3 Å². The molecule has 1 N–H and O–H groups in total. The van der Waals surface area contributed by atoms with Gasteiger partial charge in [0.25, 0.3) is 0 Å². The van der Waals surface area contributed by atoms with Crippen molar-refractivity contribution in [3.05, 3.63) is 42.9 Å². The molecule has 1 saturated heterocycles. The summed E-state index contributed by atoms with van der Waals surface area (Å²) in [5, 5.41) is 3.44. The molecule has 0 aromatic carbocycles. The summed E-state index contributed by atoms with van der Waals surface area (Å²) in [5.41, 5.74) is 2.67. The molecule has 4 rings (SSSR count). The van der Waals surface area contributed by atoms with E-state index in [0.717, 1.165) is 43.0 Å². The SMILES string of the molecule is CC(C)CC(=O)N1CCC(Nc2nccc(-c3cnc4ccccn34)n2)CC1. The van der Waals surface area contributed by atoms with Crippen molar-refractivity contribution >= 4 is 17.5 Å². The number of piperidine rings is 1. The van der Waals surface area contributed by atoms with Crippen LogP contribution in [0.1, 0.15) is 33.1 Å². The average Bonchev–Trinajstić information content (AvgIpc) is 3.12. The van der Waals surface area contributed by atoms with E-state index in [1.165, 1.54) is 0 Å². The lowest BCUT2D eigenvalue weighted by molar-refractivity contribution is -0.132. The number of nitrogens with one attached hydrogen (secondary N) is 1. The third-order valence-corrected chi connectivity index (χ3v) is 5.10. The van der Waals surface area contributed by atoms with Crippen LogP contribution in [-0.2, 0) is 4.79 Å². The van der Waals surface area contributed by atoms with E-state index >= 15 is 0 Å². The normalized spacial score (nSPS) is 15.3. The molecule has 0 radical (unpaired) electrons. The number of nitrogens with zero attached hydrogens (tertiary/aromatic N) is 5. The molecule has 28 heavy (non-hydrogen) atoms. The molecule has 146 valence electrons. The Hall–Kier alpha value is -2.96. The predicted octanol–water partition coefficient (Wildman–Crippen LogP) is 3.24.